The Labute approximate surface area is 128 Å². The molecular formula is C16H31NO4. The number of carbonyl (C=O) groups excluding carboxylic acids is 1. The fourth-order valence-electron chi connectivity index (χ4n) is 2.26. The highest BCUT2D eigenvalue weighted by Crippen LogP contribution is 2.15. The first-order valence-corrected chi connectivity index (χ1v) is 8.19. The number of ether oxygens (including phenoxy) is 1. The number of unbranched alkanes of at least 4 members (excludes halogenated alkanes) is 5. The molecule has 0 radical (unpaired) electrons. The molecule has 0 saturated heterocycles. The molecule has 3 N–H and O–H groups in total. The van der Waals surface area contributed by atoms with Crippen molar-refractivity contribution in [1.29, 1.82) is 0 Å². The van der Waals surface area contributed by atoms with Gasteiger partial charge in [0.05, 0.1) is 6.42 Å². The Morgan fingerprint density at radius 2 is 1.62 bits per heavy atom. The second kappa shape index (κ2) is 12.6. The molecule has 0 aliphatic heterocycles. The predicted octanol–water partition coefficient (Wildman–Crippen LogP) is 3.25. The van der Waals surface area contributed by atoms with E-state index < -0.39 is 18.0 Å². The highest BCUT2D eigenvalue weighted by Gasteiger charge is 2.22. The standard InChI is InChI=1S/C16H31NO4/c1-3-5-6-7-8-9-11-13(10-4-2)21-16(20)14(17)12-15(18)19/h13-14H,3-12,17H2,1-2H3,(H,18,19). The largest absolute Gasteiger partial charge is 0.481 e. The Balaban J connectivity index is 3.99. The van der Waals surface area contributed by atoms with E-state index in [0.717, 1.165) is 32.1 Å². The lowest BCUT2D eigenvalue weighted by Crippen LogP contribution is -2.36. The van der Waals surface area contributed by atoms with Gasteiger partial charge in [-0.15, -0.1) is 0 Å². The summed E-state index contributed by atoms with van der Waals surface area (Å²) >= 11 is 0. The van der Waals surface area contributed by atoms with Crippen LogP contribution in [0.4, 0.5) is 0 Å². The Bertz CT molecular complexity index is 294. The minimum Gasteiger partial charge on any atom is -0.481 e. The van der Waals surface area contributed by atoms with Crippen LogP contribution in [-0.2, 0) is 14.3 Å². The maximum atomic E-state index is 11.7. The summed E-state index contributed by atoms with van der Waals surface area (Å²) in [5.74, 6) is -1.68. The summed E-state index contributed by atoms with van der Waals surface area (Å²) < 4.78 is 5.35. The van der Waals surface area contributed by atoms with Gasteiger partial charge in [0.2, 0.25) is 0 Å². The molecule has 0 fully saturated rings. The number of carbonyl (C=O) groups is 2. The molecule has 21 heavy (non-hydrogen) atoms. The summed E-state index contributed by atoms with van der Waals surface area (Å²) in [6.45, 7) is 4.23. The molecular weight excluding hydrogens is 270 g/mol. The lowest BCUT2D eigenvalue weighted by Gasteiger charge is -2.19. The smallest absolute Gasteiger partial charge is 0.323 e. The predicted molar refractivity (Wildman–Crippen MR) is 83.0 cm³/mol. The van der Waals surface area contributed by atoms with Crippen molar-refractivity contribution < 1.29 is 19.4 Å². The summed E-state index contributed by atoms with van der Waals surface area (Å²) in [5, 5.41) is 8.63. The average Bonchev–Trinajstić information content (AvgIpc) is 2.41. The van der Waals surface area contributed by atoms with Gasteiger partial charge in [-0.05, 0) is 19.3 Å². The second-order valence-electron chi connectivity index (χ2n) is 5.61. The van der Waals surface area contributed by atoms with Gasteiger partial charge in [-0.1, -0.05) is 52.4 Å². The molecule has 0 aliphatic carbocycles. The molecule has 0 saturated carbocycles. The topological polar surface area (TPSA) is 89.6 Å². The zero-order valence-corrected chi connectivity index (χ0v) is 13.5. The SMILES string of the molecule is CCCCCCCCC(CCC)OC(=O)C(N)CC(=O)O. The van der Waals surface area contributed by atoms with Gasteiger partial charge in [-0.3, -0.25) is 9.59 Å². The number of hydrogen-bond donors (Lipinski definition) is 2. The van der Waals surface area contributed by atoms with Crippen LogP contribution < -0.4 is 5.73 Å². The summed E-state index contributed by atoms with van der Waals surface area (Å²) in [4.78, 5) is 22.3. The molecule has 5 nitrogen and oxygen atoms in total. The zero-order chi connectivity index (χ0) is 16.1. The Morgan fingerprint density at radius 3 is 2.19 bits per heavy atom. The molecule has 0 spiro atoms. The number of aliphatic carboxylic acids is 1. The molecule has 0 bridgehead atoms. The Hall–Kier alpha value is -1.10. The molecule has 0 amide bonds. The Kier molecular flexibility index (Phi) is 12.0. The number of carboxylic acid groups (broad SMARTS) is 1. The lowest BCUT2D eigenvalue weighted by atomic mass is 10.0. The molecule has 2 atom stereocenters. The number of esters is 1. The fourth-order valence-corrected chi connectivity index (χ4v) is 2.26. The van der Waals surface area contributed by atoms with Crippen LogP contribution in [0.25, 0.3) is 0 Å². The first kappa shape index (κ1) is 19.9. The van der Waals surface area contributed by atoms with E-state index in [4.69, 9.17) is 15.6 Å². The quantitative estimate of drug-likeness (QED) is 0.402. The van der Waals surface area contributed by atoms with E-state index in [-0.39, 0.29) is 12.5 Å². The minimum atomic E-state index is -1.08. The maximum absolute atomic E-state index is 11.7. The third-order valence-corrected chi connectivity index (χ3v) is 3.47. The van der Waals surface area contributed by atoms with Gasteiger partial charge >= 0.3 is 11.9 Å². The number of hydrogen-bond acceptors (Lipinski definition) is 4. The number of carboxylic acids is 1. The van der Waals surface area contributed by atoms with E-state index in [9.17, 15) is 9.59 Å². The summed E-state index contributed by atoms with van der Waals surface area (Å²) in [6, 6.07) is -1.06. The highest BCUT2D eigenvalue weighted by molar-refractivity contribution is 5.81. The number of rotatable bonds is 13. The van der Waals surface area contributed by atoms with E-state index in [1.54, 1.807) is 0 Å². The van der Waals surface area contributed by atoms with Gasteiger partial charge in [-0.2, -0.15) is 0 Å². The summed E-state index contributed by atoms with van der Waals surface area (Å²) in [5.41, 5.74) is 5.52. The maximum Gasteiger partial charge on any atom is 0.323 e. The molecule has 0 rings (SSSR count). The van der Waals surface area contributed by atoms with E-state index in [0.29, 0.717) is 0 Å². The van der Waals surface area contributed by atoms with Crippen LogP contribution in [0.3, 0.4) is 0 Å². The molecule has 5 heteroatoms. The van der Waals surface area contributed by atoms with Gasteiger partial charge < -0.3 is 15.6 Å². The van der Waals surface area contributed by atoms with Crippen molar-refractivity contribution in [1.82, 2.24) is 0 Å². The molecule has 2 unspecified atom stereocenters. The van der Waals surface area contributed by atoms with Crippen molar-refractivity contribution >= 4 is 11.9 Å². The van der Waals surface area contributed by atoms with Crippen LogP contribution in [-0.4, -0.2) is 29.2 Å². The first-order valence-electron chi connectivity index (χ1n) is 8.19. The van der Waals surface area contributed by atoms with Gasteiger partial charge in [0, 0.05) is 0 Å². The summed E-state index contributed by atoms with van der Waals surface area (Å²) in [6.07, 6.45) is 9.25. The van der Waals surface area contributed by atoms with Crippen LogP contribution in [0.1, 0.15) is 78.1 Å². The van der Waals surface area contributed by atoms with E-state index in [2.05, 4.69) is 6.92 Å². The first-order chi connectivity index (χ1) is 10.0. The van der Waals surface area contributed by atoms with Crippen molar-refractivity contribution in [3.63, 3.8) is 0 Å². The van der Waals surface area contributed by atoms with Gasteiger partial charge in [0.25, 0.3) is 0 Å². The van der Waals surface area contributed by atoms with E-state index in [1.807, 2.05) is 6.92 Å². The van der Waals surface area contributed by atoms with Crippen molar-refractivity contribution in [3.8, 4) is 0 Å². The van der Waals surface area contributed by atoms with Gasteiger partial charge in [0.15, 0.2) is 0 Å². The monoisotopic (exact) mass is 301 g/mol. The van der Waals surface area contributed by atoms with E-state index in [1.165, 1.54) is 25.7 Å². The molecule has 0 heterocycles. The lowest BCUT2D eigenvalue weighted by molar-refractivity contribution is -0.154. The molecule has 0 aromatic rings. The van der Waals surface area contributed by atoms with Crippen molar-refractivity contribution in [3.05, 3.63) is 0 Å². The Morgan fingerprint density at radius 1 is 1.00 bits per heavy atom. The summed E-state index contributed by atoms with van der Waals surface area (Å²) in [7, 11) is 0. The van der Waals surface area contributed by atoms with Crippen molar-refractivity contribution in [2.45, 2.75) is 90.2 Å². The van der Waals surface area contributed by atoms with Crippen molar-refractivity contribution in [2.75, 3.05) is 0 Å². The van der Waals surface area contributed by atoms with Crippen LogP contribution in [0.5, 0.6) is 0 Å². The van der Waals surface area contributed by atoms with Crippen LogP contribution in [0, 0.1) is 0 Å². The number of nitrogens with two attached hydrogens (primary N) is 1. The zero-order valence-electron chi connectivity index (χ0n) is 13.5. The molecule has 0 aliphatic rings. The van der Waals surface area contributed by atoms with Gasteiger partial charge in [0.1, 0.15) is 12.1 Å². The average molecular weight is 301 g/mol. The highest BCUT2D eigenvalue weighted by atomic mass is 16.5. The van der Waals surface area contributed by atoms with Crippen LogP contribution in [0.15, 0.2) is 0 Å². The normalized spacial score (nSPS) is 13.7. The van der Waals surface area contributed by atoms with Crippen LogP contribution >= 0.6 is 0 Å². The molecule has 124 valence electrons. The van der Waals surface area contributed by atoms with Crippen LogP contribution in [0.2, 0.25) is 0 Å². The minimum absolute atomic E-state index is 0.131. The van der Waals surface area contributed by atoms with Gasteiger partial charge in [-0.25, -0.2) is 0 Å². The van der Waals surface area contributed by atoms with Crippen molar-refractivity contribution in [2.24, 2.45) is 5.73 Å². The fraction of sp³-hybridized carbons (Fsp3) is 0.875. The third kappa shape index (κ3) is 11.3. The molecule has 0 aromatic carbocycles. The second-order valence-corrected chi connectivity index (χ2v) is 5.61. The van der Waals surface area contributed by atoms with E-state index >= 15 is 0 Å². The molecule has 0 aromatic heterocycles. The third-order valence-electron chi connectivity index (χ3n) is 3.47.